The van der Waals surface area contributed by atoms with E-state index in [2.05, 4.69) is 10.2 Å². The van der Waals surface area contributed by atoms with E-state index in [-0.39, 0.29) is 29.6 Å². The third-order valence-electron chi connectivity index (χ3n) is 0.684. The predicted octanol–water partition coefficient (Wildman–Crippen LogP) is -3.42. The number of hydrogen-bond acceptors (Lipinski definition) is 5. The van der Waals surface area contributed by atoms with Gasteiger partial charge in [-0.15, -0.1) is 5.10 Å². The van der Waals surface area contributed by atoms with Crippen molar-refractivity contribution in [2.24, 2.45) is 0 Å². The average Bonchev–Trinajstić information content (AvgIpc) is 2.33. The van der Waals surface area contributed by atoms with Gasteiger partial charge in [-0.3, -0.25) is 5.10 Å². The number of ether oxygens (including phenoxy) is 1. The summed E-state index contributed by atoms with van der Waals surface area (Å²) in [5.41, 5.74) is 0. The number of rotatable bonds is 1. The molecule has 0 atom stereocenters. The van der Waals surface area contributed by atoms with Crippen LogP contribution >= 0.6 is 0 Å². The van der Waals surface area contributed by atoms with Gasteiger partial charge in [0.25, 0.3) is 0 Å². The molecule has 0 aliphatic carbocycles. The van der Waals surface area contributed by atoms with Crippen LogP contribution in [0.25, 0.3) is 0 Å². The average molecular weight is 216 g/mol. The molecular formula is C5H9N2NaO4S. The van der Waals surface area contributed by atoms with Gasteiger partial charge in [-0.25, -0.2) is 8.42 Å². The maximum absolute atomic E-state index is 9.08. The Labute approximate surface area is 98.7 Å². The van der Waals surface area contributed by atoms with E-state index in [0.717, 1.165) is 0 Å². The van der Waals surface area contributed by atoms with Gasteiger partial charge in [-0.1, -0.05) is 0 Å². The van der Waals surface area contributed by atoms with Crippen LogP contribution in [0.15, 0.2) is 12.3 Å². The fourth-order valence-corrected chi connectivity index (χ4v) is 0.360. The van der Waals surface area contributed by atoms with Crippen LogP contribution in [0.1, 0.15) is 0 Å². The third kappa shape index (κ3) is 14.7. The SMILES string of the molecule is COc1cc[nH]n1.CS(=O)(=O)[O-].[Na+]. The summed E-state index contributed by atoms with van der Waals surface area (Å²) < 4.78 is 31.9. The van der Waals surface area contributed by atoms with E-state index in [9.17, 15) is 0 Å². The number of methoxy groups -OCH3 is 1. The minimum absolute atomic E-state index is 0. The molecule has 0 radical (unpaired) electrons. The van der Waals surface area contributed by atoms with Crippen molar-refractivity contribution in [3.05, 3.63) is 12.3 Å². The first kappa shape index (κ1) is 15.4. The Balaban J connectivity index is 0. The van der Waals surface area contributed by atoms with Crippen molar-refractivity contribution in [2.45, 2.75) is 0 Å². The second-order valence-electron chi connectivity index (χ2n) is 1.82. The second kappa shape index (κ2) is 7.34. The Hall–Kier alpha value is -0.0800. The molecule has 1 rings (SSSR count). The van der Waals surface area contributed by atoms with Crippen LogP contribution in [0, 0.1) is 0 Å². The topological polar surface area (TPSA) is 95.1 Å². The molecule has 0 fully saturated rings. The van der Waals surface area contributed by atoms with Gasteiger partial charge in [-0.2, -0.15) is 0 Å². The summed E-state index contributed by atoms with van der Waals surface area (Å²) in [6.45, 7) is 0. The summed E-state index contributed by atoms with van der Waals surface area (Å²) in [7, 11) is -2.34. The van der Waals surface area contributed by atoms with Crippen molar-refractivity contribution in [1.82, 2.24) is 10.2 Å². The number of nitrogens with zero attached hydrogens (tertiary/aromatic N) is 1. The van der Waals surface area contributed by atoms with Gasteiger partial charge >= 0.3 is 29.6 Å². The van der Waals surface area contributed by atoms with E-state index in [1.54, 1.807) is 19.4 Å². The second-order valence-corrected chi connectivity index (χ2v) is 3.23. The Bertz CT molecular complexity index is 288. The molecule has 70 valence electrons. The molecule has 1 N–H and O–H groups in total. The molecule has 0 aliphatic rings. The standard InChI is InChI=1S/C4H6N2O.CH4O3S.Na/c1-7-4-2-3-5-6-4;1-5(2,3)4;/h2-3H,1H3,(H,5,6);1H3,(H,2,3,4);/q;;+1/p-1. The van der Waals surface area contributed by atoms with Crippen molar-refractivity contribution in [1.29, 1.82) is 0 Å². The van der Waals surface area contributed by atoms with Crippen LogP contribution in [0.3, 0.4) is 0 Å². The molecular weight excluding hydrogens is 207 g/mol. The number of nitrogens with one attached hydrogen (secondary N) is 1. The summed E-state index contributed by atoms with van der Waals surface area (Å²) in [5.74, 6) is 0.625. The van der Waals surface area contributed by atoms with E-state index < -0.39 is 10.1 Å². The molecule has 1 heterocycles. The van der Waals surface area contributed by atoms with Gasteiger partial charge in [0.1, 0.15) is 0 Å². The maximum atomic E-state index is 9.08. The molecule has 13 heavy (non-hydrogen) atoms. The minimum Gasteiger partial charge on any atom is -0.748 e. The van der Waals surface area contributed by atoms with Crippen molar-refractivity contribution < 1.29 is 47.3 Å². The van der Waals surface area contributed by atoms with Gasteiger partial charge in [0, 0.05) is 18.5 Å². The van der Waals surface area contributed by atoms with Crippen molar-refractivity contribution in [3.8, 4) is 5.88 Å². The number of H-pyrrole nitrogens is 1. The monoisotopic (exact) mass is 216 g/mol. The molecule has 0 bridgehead atoms. The Morgan fingerprint density at radius 1 is 1.62 bits per heavy atom. The van der Waals surface area contributed by atoms with E-state index in [1.165, 1.54) is 0 Å². The molecule has 0 aliphatic heterocycles. The van der Waals surface area contributed by atoms with Crippen LogP contribution in [0.5, 0.6) is 5.88 Å². The summed E-state index contributed by atoms with van der Waals surface area (Å²) in [6, 6.07) is 1.75. The fourth-order valence-electron chi connectivity index (χ4n) is 0.360. The zero-order valence-electron chi connectivity index (χ0n) is 7.64. The van der Waals surface area contributed by atoms with Crippen molar-refractivity contribution >= 4 is 10.1 Å². The first-order valence-corrected chi connectivity index (χ1v) is 4.70. The Morgan fingerprint density at radius 3 is 2.23 bits per heavy atom. The fraction of sp³-hybridized carbons (Fsp3) is 0.400. The molecule has 6 nitrogen and oxygen atoms in total. The maximum Gasteiger partial charge on any atom is 1.00 e. The quantitative estimate of drug-likeness (QED) is 0.389. The minimum atomic E-state index is -3.92. The summed E-state index contributed by atoms with van der Waals surface area (Å²) in [6.07, 6.45) is 2.31. The van der Waals surface area contributed by atoms with Gasteiger partial charge in [0.15, 0.2) is 0 Å². The van der Waals surface area contributed by atoms with Crippen LogP contribution in [0.4, 0.5) is 0 Å². The Kier molecular flexibility index (Phi) is 8.69. The van der Waals surface area contributed by atoms with Crippen LogP contribution in [0.2, 0.25) is 0 Å². The van der Waals surface area contributed by atoms with E-state index >= 15 is 0 Å². The number of aromatic amines is 1. The molecule has 0 aromatic carbocycles. The zero-order valence-corrected chi connectivity index (χ0v) is 10.5. The van der Waals surface area contributed by atoms with Crippen LogP contribution in [-0.4, -0.2) is 36.5 Å². The summed E-state index contributed by atoms with van der Waals surface area (Å²) in [4.78, 5) is 0. The van der Waals surface area contributed by atoms with E-state index in [1.807, 2.05) is 0 Å². The Morgan fingerprint density at radius 2 is 2.08 bits per heavy atom. The van der Waals surface area contributed by atoms with Gasteiger partial charge in [-0.05, 0) is 0 Å². The number of aromatic nitrogens is 2. The number of hydrogen-bond donors (Lipinski definition) is 1. The van der Waals surface area contributed by atoms with E-state index in [4.69, 9.17) is 17.7 Å². The van der Waals surface area contributed by atoms with Gasteiger partial charge in [0.05, 0.1) is 17.2 Å². The smallest absolute Gasteiger partial charge is 0.748 e. The largest absolute Gasteiger partial charge is 1.00 e. The predicted molar refractivity (Wildman–Crippen MR) is 40.8 cm³/mol. The molecule has 0 amide bonds. The van der Waals surface area contributed by atoms with Crippen LogP contribution < -0.4 is 34.3 Å². The first-order valence-electron chi connectivity index (χ1n) is 2.88. The summed E-state index contributed by atoms with van der Waals surface area (Å²) >= 11 is 0. The first-order chi connectivity index (χ1) is 5.43. The van der Waals surface area contributed by atoms with Crippen LogP contribution in [-0.2, 0) is 10.1 Å². The molecule has 0 saturated heterocycles. The zero-order chi connectivity index (χ0) is 9.61. The summed E-state index contributed by atoms with van der Waals surface area (Å²) in [5, 5.41) is 6.29. The van der Waals surface area contributed by atoms with Crippen molar-refractivity contribution in [2.75, 3.05) is 13.4 Å². The normalized spacial score (nSPS) is 9.15. The third-order valence-corrected chi connectivity index (χ3v) is 0.684. The molecule has 1 aromatic heterocycles. The van der Waals surface area contributed by atoms with E-state index in [0.29, 0.717) is 12.1 Å². The molecule has 1 aromatic rings. The molecule has 0 saturated carbocycles. The molecule has 0 spiro atoms. The molecule has 8 heteroatoms. The van der Waals surface area contributed by atoms with Gasteiger partial charge < -0.3 is 9.29 Å². The van der Waals surface area contributed by atoms with Gasteiger partial charge in [0.2, 0.25) is 5.88 Å². The molecule has 0 unspecified atom stereocenters. The van der Waals surface area contributed by atoms with Crippen molar-refractivity contribution in [3.63, 3.8) is 0 Å².